The van der Waals surface area contributed by atoms with E-state index < -0.39 is 21.9 Å². The van der Waals surface area contributed by atoms with Gasteiger partial charge in [0.25, 0.3) is 0 Å². The lowest BCUT2D eigenvalue weighted by Gasteiger charge is -2.44. The molecular weight excluding hydrogens is 508 g/mol. The summed E-state index contributed by atoms with van der Waals surface area (Å²) >= 11 is 1.11. The molecule has 2 N–H and O–H groups in total. The first-order valence-corrected chi connectivity index (χ1v) is 13.0. The lowest BCUT2D eigenvalue weighted by atomic mass is 9.77. The summed E-state index contributed by atoms with van der Waals surface area (Å²) in [5, 5.41) is 9.06. The van der Waals surface area contributed by atoms with Crippen LogP contribution in [0.4, 0.5) is 8.78 Å². The fourth-order valence-electron chi connectivity index (χ4n) is 5.30. The van der Waals surface area contributed by atoms with Crippen molar-refractivity contribution in [2.45, 2.75) is 42.6 Å². The molecule has 4 heterocycles. The van der Waals surface area contributed by atoms with Crippen LogP contribution in [0.1, 0.15) is 49.1 Å². The maximum absolute atomic E-state index is 15.3. The Labute approximate surface area is 224 Å². The second-order valence-corrected chi connectivity index (χ2v) is 11.6. The van der Waals surface area contributed by atoms with Crippen LogP contribution in [-0.2, 0) is 15.1 Å². The van der Waals surface area contributed by atoms with Crippen LogP contribution in [0.3, 0.4) is 0 Å². The average molecular weight is 536 g/mol. The summed E-state index contributed by atoms with van der Waals surface area (Å²) in [6, 6.07) is 8.94. The van der Waals surface area contributed by atoms with Gasteiger partial charge in [-0.2, -0.15) is 5.26 Å². The number of ether oxygens (including phenoxy) is 1. The number of hydrogen-bond acceptors (Lipinski definition) is 7. The lowest BCUT2D eigenvalue weighted by molar-refractivity contribution is -0.147. The molecule has 5 rings (SSSR count). The van der Waals surface area contributed by atoms with Crippen molar-refractivity contribution in [3.8, 4) is 6.07 Å². The van der Waals surface area contributed by atoms with E-state index in [2.05, 4.69) is 16.6 Å². The van der Waals surface area contributed by atoms with Crippen molar-refractivity contribution in [1.82, 2.24) is 9.88 Å². The predicted octanol–water partition coefficient (Wildman–Crippen LogP) is 4.54. The monoisotopic (exact) mass is 535 g/mol. The normalized spacial score (nSPS) is 29.1. The first-order chi connectivity index (χ1) is 18.0. The van der Waals surface area contributed by atoms with Gasteiger partial charge in [-0.25, -0.2) is 13.8 Å². The Balaban J connectivity index is 1.48. The Morgan fingerprint density at radius 2 is 2.08 bits per heavy atom. The van der Waals surface area contributed by atoms with Crippen molar-refractivity contribution >= 4 is 34.7 Å². The van der Waals surface area contributed by atoms with Crippen LogP contribution < -0.4 is 5.73 Å². The van der Waals surface area contributed by atoms with E-state index in [1.165, 1.54) is 42.6 Å². The van der Waals surface area contributed by atoms with Crippen LogP contribution in [0, 0.1) is 17.1 Å². The van der Waals surface area contributed by atoms with Gasteiger partial charge in [0.05, 0.1) is 23.5 Å². The summed E-state index contributed by atoms with van der Waals surface area (Å²) in [5.41, 5.74) is 5.82. The summed E-state index contributed by atoms with van der Waals surface area (Å²) in [5.74, 6) is -1.40. The molecule has 2 fully saturated rings. The third kappa shape index (κ3) is 4.29. The summed E-state index contributed by atoms with van der Waals surface area (Å²) < 4.78 is 34.9. The van der Waals surface area contributed by atoms with Crippen LogP contribution in [0.5, 0.6) is 0 Å². The molecule has 0 aliphatic carbocycles. The molecular formula is C28H27F2N5O2S. The van der Waals surface area contributed by atoms with Gasteiger partial charge in [-0.3, -0.25) is 9.78 Å². The standard InChI is InChI=1S/C28H27F2N5O2S/c1-17-26(2,34-25(32)38-27(17,3)24(36)35-10-8-28(16-35)9-11-37-28)20-12-18(4-6-21(20)29)13-22(30)23-7-5-19(14-31)15-33-23/h4-7,12-13,15H,1,8-11,16H2,2-3H3,(H2,32,34)/b22-13-/t26-,27-,28?/m0/s1. The summed E-state index contributed by atoms with van der Waals surface area (Å²) in [4.78, 5) is 24.1. The van der Waals surface area contributed by atoms with E-state index in [0.717, 1.165) is 24.6 Å². The maximum atomic E-state index is 15.3. The third-order valence-electron chi connectivity index (χ3n) is 7.73. The van der Waals surface area contributed by atoms with E-state index in [1.54, 1.807) is 18.7 Å². The number of pyridine rings is 1. The van der Waals surface area contributed by atoms with Crippen LogP contribution >= 0.6 is 11.8 Å². The van der Waals surface area contributed by atoms with Gasteiger partial charge in [0.1, 0.15) is 28.0 Å². The van der Waals surface area contributed by atoms with E-state index >= 15 is 4.39 Å². The predicted molar refractivity (Wildman–Crippen MR) is 143 cm³/mol. The van der Waals surface area contributed by atoms with Crippen LogP contribution in [-0.4, -0.2) is 51.0 Å². The molecule has 1 aromatic carbocycles. The van der Waals surface area contributed by atoms with Crippen molar-refractivity contribution in [3.05, 3.63) is 76.9 Å². The molecule has 3 aliphatic heterocycles. The molecule has 38 heavy (non-hydrogen) atoms. The number of aliphatic imine (C=N–C) groups is 1. The van der Waals surface area contributed by atoms with Gasteiger partial charge in [0.2, 0.25) is 5.91 Å². The number of amidine groups is 1. The van der Waals surface area contributed by atoms with Gasteiger partial charge in [0, 0.05) is 31.3 Å². The second-order valence-electron chi connectivity index (χ2n) is 10.2. The Kier molecular flexibility index (Phi) is 6.40. The maximum Gasteiger partial charge on any atom is 0.243 e. The highest BCUT2D eigenvalue weighted by Gasteiger charge is 2.55. The number of thioether (sulfide) groups is 1. The van der Waals surface area contributed by atoms with E-state index in [1.807, 2.05) is 6.07 Å². The molecule has 0 bridgehead atoms. The van der Waals surface area contributed by atoms with Gasteiger partial charge in [-0.15, -0.1) is 0 Å². The third-order valence-corrected chi connectivity index (χ3v) is 8.86. The number of carbonyl (C=O) groups excluding carboxylic acids is 1. The smallest absolute Gasteiger partial charge is 0.243 e. The molecule has 0 saturated carbocycles. The molecule has 2 saturated heterocycles. The summed E-state index contributed by atoms with van der Waals surface area (Å²) in [7, 11) is 0. The Morgan fingerprint density at radius 1 is 1.32 bits per heavy atom. The fraction of sp³-hybridized carbons (Fsp3) is 0.357. The number of nitrogens with two attached hydrogens (primary N) is 1. The minimum absolute atomic E-state index is 0.0406. The number of nitrogens with zero attached hydrogens (tertiary/aromatic N) is 4. The zero-order valence-electron chi connectivity index (χ0n) is 21.1. The highest BCUT2D eigenvalue weighted by Crippen LogP contribution is 2.51. The molecule has 1 amide bonds. The number of rotatable bonds is 4. The summed E-state index contributed by atoms with van der Waals surface area (Å²) in [6.07, 6.45) is 4.19. The highest BCUT2D eigenvalue weighted by molar-refractivity contribution is 8.15. The quantitative estimate of drug-likeness (QED) is 0.577. The number of amides is 1. The molecule has 3 aliphatic rings. The summed E-state index contributed by atoms with van der Waals surface area (Å²) in [6.45, 7) is 9.40. The number of halogens is 2. The zero-order chi connectivity index (χ0) is 27.3. The Morgan fingerprint density at radius 3 is 2.68 bits per heavy atom. The first kappa shape index (κ1) is 26.1. The van der Waals surface area contributed by atoms with Crippen molar-refractivity contribution in [3.63, 3.8) is 0 Å². The largest absolute Gasteiger partial charge is 0.378 e. The van der Waals surface area contributed by atoms with Crippen LogP contribution in [0.15, 0.2) is 53.7 Å². The van der Waals surface area contributed by atoms with E-state index in [4.69, 9.17) is 15.7 Å². The minimum atomic E-state index is -1.37. The van der Waals surface area contributed by atoms with E-state index in [0.29, 0.717) is 36.4 Å². The van der Waals surface area contributed by atoms with Crippen LogP contribution in [0.25, 0.3) is 11.9 Å². The van der Waals surface area contributed by atoms with E-state index in [-0.39, 0.29) is 27.9 Å². The van der Waals surface area contributed by atoms with Crippen molar-refractivity contribution in [2.24, 2.45) is 10.7 Å². The zero-order valence-corrected chi connectivity index (χ0v) is 21.9. The minimum Gasteiger partial charge on any atom is -0.378 e. The SMILES string of the molecule is C=C1[C@@](C)(C(=O)N2CCC3(CCO3)C2)SC(N)=N[C@]1(C)c1cc(/C=C(\F)c2ccc(C#N)cn2)ccc1F. The first-order valence-electron chi connectivity index (χ1n) is 12.2. The molecule has 0 radical (unpaired) electrons. The molecule has 2 aromatic rings. The van der Waals surface area contributed by atoms with Gasteiger partial charge >= 0.3 is 0 Å². The van der Waals surface area contributed by atoms with Gasteiger partial charge in [-0.1, -0.05) is 24.4 Å². The molecule has 1 aromatic heterocycles. The Hall–Kier alpha value is -3.55. The topological polar surface area (TPSA) is 105 Å². The van der Waals surface area contributed by atoms with Gasteiger partial charge < -0.3 is 15.4 Å². The Bertz CT molecular complexity index is 1430. The number of aromatic nitrogens is 1. The van der Waals surface area contributed by atoms with E-state index in [9.17, 15) is 9.18 Å². The fourth-order valence-corrected chi connectivity index (χ4v) is 6.49. The van der Waals surface area contributed by atoms with Crippen molar-refractivity contribution < 1.29 is 18.3 Å². The van der Waals surface area contributed by atoms with Crippen molar-refractivity contribution in [2.75, 3.05) is 19.7 Å². The average Bonchev–Trinajstić information content (AvgIpc) is 3.34. The number of carbonyl (C=O) groups is 1. The number of nitriles is 1. The number of hydrogen-bond donors (Lipinski definition) is 1. The molecule has 1 spiro atoms. The van der Waals surface area contributed by atoms with Gasteiger partial charge in [-0.05, 0) is 61.7 Å². The van der Waals surface area contributed by atoms with Crippen molar-refractivity contribution in [1.29, 1.82) is 5.26 Å². The molecule has 1 unspecified atom stereocenters. The highest BCUT2D eigenvalue weighted by atomic mass is 32.2. The lowest BCUT2D eigenvalue weighted by Crippen LogP contribution is -2.54. The number of benzene rings is 1. The molecule has 7 nitrogen and oxygen atoms in total. The molecule has 10 heteroatoms. The molecule has 196 valence electrons. The van der Waals surface area contributed by atoms with Crippen LogP contribution in [0.2, 0.25) is 0 Å². The number of likely N-dealkylation sites (tertiary alicyclic amines) is 1. The second kappa shape index (κ2) is 9.33. The molecule has 3 atom stereocenters. The van der Waals surface area contributed by atoms with Gasteiger partial charge in [0.15, 0.2) is 5.17 Å².